The zero-order valence-corrected chi connectivity index (χ0v) is 11.3. The number of carboxylic acids is 1. The Labute approximate surface area is 104 Å². The molecule has 1 aliphatic heterocycles. The van der Waals surface area contributed by atoms with Crippen LogP contribution in [0.5, 0.6) is 0 Å². The summed E-state index contributed by atoms with van der Waals surface area (Å²) in [5.74, 6) is -0.0126. The molecule has 0 aliphatic carbocycles. The quantitative estimate of drug-likeness (QED) is 0.742. The van der Waals surface area contributed by atoms with E-state index in [2.05, 4.69) is 17.1 Å². The third-order valence-corrected chi connectivity index (χ3v) is 3.76. The van der Waals surface area contributed by atoms with E-state index in [1.165, 1.54) is 19.3 Å². The van der Waals surface area contributed by atoms with Crippen LogP contribution in [0.1, 0.15) is 40.0 Å². The maximum atomic E-state index is 11.3. The van der Waals surface area contributed by atoms with Crippen molar-refractivity contribution >= 4 is 5.97 Å². The van der Waals surface area contributed by atoms with Gasteiger partial charge in [0.25, 0.3) is 0 Å². The summed E-state index contributed by atoms with van der Waals surface area (Å²) in [7, 11) is 0. The van der Waals surface area contributed by atoms with E-state index < -0.39 is 11.5 Å². The van der Waals surface area contributed by atoms with E-state index in [9.17, 15) is 9.90 Å². The second-order valence-electron chi connectivity index (χ2n) is 5.32. The molecule has 4 nitrogen and oxygen atoms in total. The lowest BCUT2D eigenvalue weighted by Crippen LogP contribution is -2.58. The van der Waals surface area contributed by atoms with Crippen LogP contribution in [-0.2, 0) is 4.79 Å². The zero-order chi connectivity index (χ0) is 12.9. The summed E-state index contributed by atoms with van der Waals surface area (Å²) in [4.78, 5) is 13.6. The van der Waals surface area contributed by atoms with Gasteiger partial charge in [0.15, 0.2) is 0 Å². The topological polar surface area (TPSA) is 52.6 Å². The third kappa shape index (κ3) is 3.96. The highest BCUT2D eigenvalue weighted by Gasteiger charge is 2.35. The Balaban J connectivity index is 2.57. The molecule has 1 aliphatic rings. The Morgan fingerprint density at radius 2 is 2.24 bits per heavy atom. The summed E-state index contributed by atoms with van der Waals surface area (Å²) in [6.07, 6.45) is 3.68. The summed E-state index contributed by atoms with van der Waals surface area (Å²) in [5.41, 5.74) is -0.815. The number of hydrogen-bond acceptors (Lipinski definition) is 3. The number of aliphatic carboxylic acids is 1. The zero-order valence-electron chi connectivity index (χ0n) is 11.3. The number of carbonyl (C=O) groups is 1. The molecular weight excluding hydrogens is 216 g/mol. The molecule has 2 N–H and O–H groups in total. The molecule has 0 radical (unpaired) electrons. The van der Waals surface area contributed by atoms with Gasteiger partial charge >= 0.3 is 5.97 Å². The normalized spacial score (nSPS) is 25.5. The smallest absolute Gasteiger partial charge is 0.324 e. The van der Waals surface area contributed by atoms with Crippen LogP contribution >= 0.6 is 0 Å². The maximum Gasteiger partial charge on any atom is 0.324 e. The molecule has 4 heteroatoms. The van der Waals surface area contributed by atoms with Crippen molar-refractivity contribution in [3.8, 4) is 0 Å². The van der Waals surface area contributed by atoms with Crippen LogP contribution in [0, 0.1) is 5.92 Å². The van der Waals surface area contributed by atoms with Crippen LogP contribution < -0.4 is 5.32 Å². The molecule has 1 saturated heterocycles. The summed E-state index contributed by atoms with van der Waals surface area (Å²) < 4.78 is 0. The number of likely N-dealkylation sites (tertiary alicyclic amines) is 1. The molecule has 100 valence electrons. The predicted octanol–water partition coefficient (Wildman–Crippen LogP) is 1.56. The van der Waals surface area contributed by atoms with E-state index in [4.69, 9.17) is 0 Å². The van der Waals surface area contributed by atoms with Crippen molar-refractivity contribution < 1.29 is 9.90 Å². The number of carboxylic acid groups (broad SMARTS) is 1. The summed E-state index contributed by atoms with van der Waals surface area (Å²) in [5, 5.41) is 12.4. The van der Waals surface area contributed by atoms with Crippen molar-refractivity contribution in [2.24, 2.45) is 5.92 Å². The van der Waals surface area contributed by atoms with E-state index in [0.717, 1.165) is 19.0 Å². The first kappa shape index (κ1) is 14.5. The molecule has 2 atom stereocenters. The Hall–Kier alpha value is -0.610. The molecule has 0 aromatic carbocycles. The van der Waals surface area contributed by atoms with Crippen molar-refractivity contribution in [3.63, 3.8) is 0 Å². The van der Waals surface area contributed by atoms with Gasteiger partial charge in [-0.1, -0.05) is 20.3 Å². The van der Waals surface area contributed by atoms with Gasteiger partial charge in [-0.2, -0.15) is 0 Å². The van der Waals surface area contributed by atoms with Gasteiger partial charge in [0.2, 0.25) is 0 Å². The van der Waals surface area contributed by atoms with E-state index in [0.29, 0.717) is 13.1 Å². The van der Waals surface area contributed by atoms with Crippen molar-refractivity contribution in [3.05, 3.63) is 0 Å². The number of hydrogen-bond donors (Lipinski definition) is 2. The van der Waals surface area contributed by atoms with Gasteiger partial charge in [0, 0.05) is 13.1 Å². The Bertz CT molecular complexity index is 258. The first-order chi connectivity index (χ1) is 8.01. The predicted molar refractivity (Wildman–Crippen MR) is 69.2 cm³/mol. The number of nitrogens with one attached hydrogen (secondary N) is 1. The number of nitrogens with zero attached hydrogens (tertiary/aromatic N) is 1. The lowest BCUT2D eigenvalue weighted by atomic mass is 9.93. The molecule has 17 heavy (non-hydrogen) atoms. The summed E-state index contributed by atoms with van der Waals surface area (Å²) in [6, 6.07) is 0. The average Bonchev–Trinajstić information content (AvgIpc) is 2.29. The SMILES string of the molecule is CCNC(C)(CN1CCCC(CC)C1)C(=O)O. The van der Waals surface area contributed by atoms with Gasteiger partial charge in [-0.15, -0.1) is 0 Å². The summed E-state index contributed by atoms with van der Waals surface area (Å²) in [6.45, 7) is 9.32. The first-order valence-electron chi connectivity index (χ1n) is 6.72. The highest BCUT2D eigenvalue weighted by Crippen LogP contribution is 2.21. The third-order valence-electron chi connectivity index (χ3n) is 3.76. The van der Waals surface area contributed by atoms with E-state index in [-0.39, 0.29) is 0 Å². The van der Waals surface area contributed by atoms with Gasteiger partial charge in [-0.25, -0.2) is 0 Å². The van der Waals surface area contributed by atoms with Crippen LogP contribution in [0.3, 0.4) is 0 Å². The fourth-order valence-electron chi connectivity index (χ4n) is 2.66. The standard InChI is InChI=1S/C13H26N2O2/c1-4-11-7-6-8-15(9-11)10-13(3,12(16)17)14-5-2/h11,14H,4-10H2,1-3H3,(H,16,17). The second-order valence-corrected chi connectivity index (χ2v) is 5.32. The Morgan fingerprint density at radius 1 is 1.53 bits per heavy atom. The number of piperidine rings is 1. The monoisotopic (exact) mass is 242 g/mol. The van der Waals surface area contributed by atoms with Crippen molar-refractivity contribution in [1.82, 2.24) is 10.2 Å². The molecule has 0 saturated carbocycles. The van der Waals surface area contributed by atoms with Gasteiger partial charge in [-0.3, -0.25) is 4.79 Å². The highest BCUT2D eigenvalue weighted by molar-refractivity contribution is 5.78. The molecule has 0 aromatic heterocycles. The van der Waals surface area contributed by atoms with Gasteiger partial charge < -0.3 is 15.3 Å². The molecule has 0 spiro atoms. The van der Waals surface area contributed by atoms with E-state index in [1.807, 2.05) is 6.92 Å². The van der Waals surface area contributed by atoms with E-state index >= 15 is 0 Å². The van der Waals surface area contributed by atoms with Gasteiger partial charge in [-0.05, 0) is 38.8 Å². The van der Waals surface area contributed by atoms with Crippen molar-refractivity contribution in [1.29, 1.82) is 0 Å². The van der Waals surface area contributed by atoms with Crippen LogP contribution in [0.15, 0.2) is 0 Å². The first-order valence-corrected chi connectivity index (χ1v) is 6.72. The molecule has 1 rings (SSSR count). The number of rotatable bonds is 6. The van der Waals surface area contributed by atoms with Gasteiger partial charge in [0.1, 0.15) is 5.54 Å². The minimum Gasteiger partial charge on any atom is -0.480 e. The minimum atomic E-state index is -0.815. The maximum absolute atomic E-state index is 11.3. The van der Waals surface area contributed by atoms with Crippen molar-refractivity contribution in [2.45, 2.75) is 45.6 Å². The average molecular weight is 242 g/mol. The second kappa shape index (κ2) is 6.36. The highest BCUT2D eigenvalue weighted by atomic mass is 16.4. The lowest BCUT2D eigenvalue weighted by Gasteiger charge is -2.37. The molecule has 0 amide bonds. The van der Waals surface area contributed by atoms with E-state index in [1.54, 1.807) is 6.92 Å². The molecular formula is C13H26N2O2. The molecule has 0 aromatic rings. The van der Waals surface area contributed by atoms with Crippen LogP contribution in [0.4, 0.5) is 0 Å². The number of likely N-dealkylation sites (N-methyl/N-ethyl adjacent to an activating group) is 1. The van der Waals surface area contributed by atoms with Crippen molar-refractivity contribution in [2.75, 3.05) is 26.2 Å². The molecule has 2 unspecified atom stereocenters. The molecule has 0 bridgehead atoms. The molecule has 1 heterocycles. The van der Waals surface area contributed by atoms with Gasteiger partial charge in [0.05, 0.1) is 0 Å². The van der Waals surface area contributed by atoms with Crippen LogP contribution in [0.2, 0.25) is 0 Å². The fourth-order valence-corrected chi connectivity index (χ4v) is 2.66. The Kier molecular flexibility index (Phi) is 5.40. The minimum absolute atomic E-state index is 0.604. The van der Waals surface area contributed by atoms with Crippen LogP contribution in [-0.4, -0.2) is 47.7 Å². The fraction of sp³-hybridized carbons (Fsp3) is 0.923. The summed E-state index contributed by atoms with van der Waals surface area (Å²) >= 11 is 0. The Morgan fingerprint density at radius 3 is 2.76 bits per heavy atom. The molecule has 1 fully saturated rings. The van der Waals surface area contributed by atoms with Crippen LogP contribution in [0.25, 0.3) is 0 Å². The largest absolute Gasteiger partial charge is 0.480 e. The lowest BCUT2D eigenvalue weighted by molar-refractivity contribution is -0.145.